The van der Waals surface area contributed by atoms with E-state index >= 15 is 0 Å². The second kappa shape index (κ2) is 19.6. The quantitative estimate of drug-likeness (QED) is 0.183. The average molecular weight is 378 g/mol. The van der Waals surface area contributed by atoms with Crippen LogP contribution in [0.2, 0.25) is 0 Å². The van der Waals surface area contributed by atoms with Crippen LogP contribution in [0.1, 0.15) is 78.1 Å². The zero-order chi connectivity index (χ0) is 18.1. The van der Waals surface area contributed by atoms with Crippen molar-refractivity contribution in [3.05, 3.63) is 6.61 Å². The fourth-order valence-corrected chi connectivity index (χ4v) is 1.94. The summed E-state index contributed by atoms with van der Waals surface area (Å²) in [5.74, 6) is -1.19. The van der Waals surface area contributed by atoms with Crippen LogP contribution in [-0.2, 0) is 19.4 Å². The van der Waals surface area contributed by atoms with E-state index in [0.717, 1.165) is 19.4 Å². The Bertz CT molecular complexity index is 372. The molecule has 7 nitrogen and oxygen atoms in total. The minimum Gasteiger partial charge on any atom is -0.479 e. The Morgan fingerprint density at radius 2 is 1.42 bits per heavy atom. The van der Waals surface area contributed by atoms with Gasteiger partial charge < -0.3 is 14.4 Å². The molecule has 0 aliphatic heterocycles. The van der Waals surface area contributed by atoms with E-state index in [2.05, 4.69) is 11.1 Å². The second-order valence-corrected chi connectivity index (χ2v) is 6.37. The molecular weight excluding hydrogens is 347 g/mol. The van der Waals surface area contributed by atoms with Gasteiger partial charge in [-0.15, -0.1) is 0 Å². The molecule has 0 bridgehead atoms. The van der Waals surface area contributed by atoms with Crippen molar-refractivity contribution >= 4 is 16.4 Å². The summed E-state index contributed by atoms with van der Waals surface area (Å²) >= 11 is 0. The van der Waals surface area contributed by atoms with Crippen LogP contribution in [0.15, 0.2) is 0 Å². The van der Waals surface area contributed by atoms with E-state index in [9.17, 15) is 13.2 Å². The fourth-order valence-electron chi connectivity index (χ4n) is 1.67. The van der Waals surface area contributed by atoms with E-state index in [4.69, 9.17) is 14.8 Å². The van der Waals surface area contributed by atoms with Gasteiger partial charge in [-0.2, -0.15) is 21.4 Å². The Morgan fingerprint density at radius 3 is 1.75 bits per heavy atom. The Balaban J connectivity index is -0.000000538. The molecule has 1 atom stereocenters. The molecule has 0 saturated heterocycles. The summed E-state index contributed by atoms with van der Waals surface area (Å²) in [4.78, 5) is 9.45. The van der Waals surface area contributed by atoms with Crippen molar-refractivity contribution in [2.75, 3.05) is 0 Å². The van der Waals surface area contributed by atoms with Crippen molar-refractivity contribution in [2.24, 2.45) is 0 Å². The minimum atomic E-state index is -4.29. The molecule has 0 spiro atoms. The van der Waals surface area contributed by atoms with Crippen molar-refractivity contribution < 1.29 is 61.7 Å². The number of carboxylic acid groups (broad SMARTS) is 1. The third kappa shape index (κ3) is 30.2. The van der Waals surface area contributed by atoms with Gasteiger partial charge in [0.1, 0.15) is 6.10 Å². The predicted molar refractivity (Wildman–Crippen MR) is 88.1 cm³/mol. The van der Waals surface area contributed by atoms with Gasteiger partial charge in [0.25, 0.3) is 0 Å². The molecular formula is C15H31NaO7S. The first kappa shape index (κ1) is 29.1. The Hall–Kier alpha value is 0.300. The molecule has 0 aliphatic rings. The molecule has 1 unspecified atom stereocenters. The van der Waals surface area contributed by atoms with Gasteiger partial charge in [0.05, 0.1) is 0 Å². The van der Waals surface area contributed by atoms with E-state index in [0.29, 0.717) is 6.42 Å². The molecule has 140 valence electrons. The minimum absolute atomic E-state index is 0. The summed E-state index contributed by atoms with van der Waals surface area (Å²) in [6.07, 6.45) is 10.3. The van der Waals surface area contributed by atoms with Gasteiger partial charge in [-0.1, -0.05) is 64.7 Å². The first-order chi connectivity index (χ1) is 10.7. The molecule has 0 aliphatic carbocycles. The number of rotatable bonds is 13. The number of unbranched alkanes of at least 4 members (excludes halogenated alkanes) is 9. The molecule has 0 aromatic carbocycles. The topological polar surface area (TPSA) is 121 Å². The van der Waals surface area contributed by atoms with Crippen molar-refractivity contribution in [3.8, 4) is 0 Å². The molecule has 0 fully saturated rings. The fraction of sp³-hybridized carbons (Fsp3) is 0.867. The smallest absolute Gasteiger partial charge is 0.479 e. The Kier molecular flexibility index (Phi) is 23.8. The Morgan fingerprint density at radius 1 is 1.04 bits per heavy atom. The molecule has 0 aromatic rings. The van der Waals surface area contributed by atoms with Crippen LogP contribution in [0.25, 0.3) is 0 Å². The third-order valence-electron chi connectivity index (χ3n) is 2.97. The maximum absolute atomic E-state index is 10.2. The van der Waals surface area contributed by atoms with Crippen molar-refractivity contribution in [3.63, 3.8) is 0 Å². The van der Waals surface area contributed by atoms with Crippen LogP contribution >= 0.6 is 0 Å². The predicted octanol–water partition coefficient (Wildman–Crippen LogP) is 0.344. The first-order valence-corrected chi connectivity index (χ1v) is 9.45. The molecule has 0 radical (unpaired) electrons. The molecule has 0 saturated carbocycles. The molecule has 0 amide bonds. The van der Waals surface area contributed by atoms with E-state index in [-0.39, 0.29) is 29.6 Å². The number of carboxylic acids is 1. The van der Waals surface area contributed by atoms with E-state index < -0.39 is 22.5 Å². The number of carbonyl (C=O) groups is 1. The van der Waals surface area contributed by atoms with Gasteiger partial charge in [0.2, 0.25) is 0 Å². The summed E-state index contributed by atoms with van der Waals surface area (Å²) in [5.41, 5.74) is 0. The van der Waals surface area contributed by atoms with Gasteiger partial charge in [0.15, 0.2) is 0 Å². The summed E-state index contributed by atoms with van der Waals surface area (Å²) < 4.78 is 32.8. The summed E-state index contributed by atoms with van der Waals surface area (Å²) in [6, 6.07) is 0. The van der Waals surface area contributed by atoms with Crippen molar-refractivity contribution in [2.45, 2.75) is 84.2 Å². The zero-order valence-electron chi connectivity index (χ0n) is 15.1. The molecule has 0 heterocycles. The van der Waals surface area contributed by atoms with Crippen LogP contribution in [0, 0.1) is 6.61 Å². The van der Waals surface area contributed by atoms with E-state index in [1.807, 2.05) is 0 Å². The third-order valence-corrected chi connectivity index (χ3v) is 3.35. The molecule has 0 aromatic heterocycles. The monoisotopic (exact) mass is 378 g/mol. The van der Waals surface area contributed by atoms with Gasteiger partial charge in [-0.25, -0.2) is 4.79 Å². The summed E-state index contributed by atoms with van der Waals surface area (Å²) in [5, 5.41) is 15.8. The summed E-state index contributed by atoms with van der Waals surface area (Å²) in [7, 11) is -4.29. The van der Waals surface area contributed by atoms with Crippen LogP contribution in [0.3, 0.4) is 0 Å². The normalized spacial score (nSPS) is 11.8. The number of hydrogen-bond donors (Lipinski definition) is 3. The van der Waals surface area contributed by atoms with Crippen LogP contribution in [0.4, 0.5) is 0 Å². The number of aliphatic hydroxyl groups is 1. The molecule has 9 heteroatoms. The zero-order valence-corrected chi connectivity index (χ0v) is 17.9. The van der Waals surface area contributed by atoms with Crippen molar-refractivity contribution in [1.82, 2.24) is 0 Å². The summed E-state index contributed by atoms with van der Waals surface area (Å²) in [6.45, 7) is 4.56. The largest absolute Gasteiger partial charge is 1.00 e. The number of aliphatic carboxylic acids is 1. The molecule has 24 heavy (non-hydrogen) atoms. The second-order valence-electron chi connectivity index (χ2n) is 5.32. The molecule has 3 N–H and O–H groups in total. The SMILES string of the molecule is CC(O)C(=O)O.CCCCCCCCCCC[CH-]OS(=O)(=O)O.[Na+]. The van der Waals surface area contributed by atoms with Crippen LogP contribution in [-0.4, -0.2) is 35.3 Å². The van der Waals surface area contributed by atoms with E-state index in [1.165, 1.54) is 51.9 Å². The maximum Gasteiger partial charge on any atom is 1.00 e. The number of aliphatic hydroxyl groups excluding tert-OH is 1. The van der Waals surface area contributed by atoms with Crippen LogP contribution in [0.5, 0.6) is 0 Å². The number of hydrogen-bond acceptors (Lipinski definition) is 5. The van der Waals surface area contributed by atoms with Gasteiger partial charge in [-0.05, 0) is 6.92 Å². The van der Waals surface area contributed by atoms with E-state index in [1.54, 1.807) is 0 Å². The van der Waals surface area contributed by atoms with Gasteiger partial charge in [0, 0.05) is 0 Å². The van der Waals surface area contributed by atoms with Gasteiger partial charge in [-0.3, -0.25) is 4.55 Å². The first-order valence-electron chi connectivity index (χ1n) is 8.09. The van der Waals surface area contributed by atoms with Gasteiger partial charge >= 0.3 is 45.9 Å². The van der Waals surface area contributed by atoms with Crippen LogP contribution < -0.4 is 29.6 Å². The maximum atomic E-state index is 10.2. The van der Waals surface area contributed by atoms with Crippen molar-refractivity contribution in [1.29, 1.82) is 0 Å². The molecule has 0 rings (SSSR count). The average Bonchev–Trinajstić information content (AvgIpc) is 2.44. The Labute approximate surface area is 168 Å². The standard InChI is InChI=1S/C12H25O4S.C3H6O3.Na/c1-2-3-4-5-6-7-8-9-10-11-12-16-17(13,14)15;1-2(4)3(5)6;/h12H,2-11H2,1H3,(H,13,14,15);2,4H,1H3,(H,5,6);/q-1;;+1.